The summed E-state index contributed by atoms with van der Waals surface area (Å²) in [6, 6.07) is 7.06. The highest BCUT2D eigenvalue weighted by atomic mass is 79.9. The lowest BCUT2D eigenvalue weighted by atomic mass is 9.99. The number of Topliss-reactive ketones (excluding diaryl/α,β-unsaturated/α-hetero) is 2. The Balaban J connectivity index is 1.97. The van der Waals surface area contributed by atoms with Crippen LogP contribution in [0.5, 0.6) is 0 Å². The molecule has 0 radical (unpaired) electrons. The van der Waals surface area contributed by atoms with Crippen LogP contribution in [0.1, 0.15) is 26.5 Å². The maximum Gasteiger partial charge on any atom is 0.211 e. The van der Waals surface area contributed by atoms with Gasteiger partial charge in [-0.15, -0.1) is 0 Å². The quantitative estimate of drug-likeness (QED) is 0.631. The monoisotopic (exact) mass is 316 g/mol. The van der Waals surface area contributed by atoms with Crippen LogP contribution < -0.4 is 0 Å². The van der Waals surface area contributed by atoms with Gasteiger partial charge in [0, 0.05) is 22.4 Å². The molecule has 0 bridgehead atoms. The number of benzene rings is 1. The fraction of sp³-hybridized carbons (Fsp3) is 0.143. The van der Waals surface area contributed by atoms with E-state index in [-0.39, 0.29) is 17.4 Å². The molecule has 0 amide bonds. The van der Waals surface area contributed by atoms with E-state index >= 15 is 0 Å². The van der Waals surface area contributed by atoms with Gasteiger partial charge >= 0.3 is 0 Å². The first-order valence-electron chi connectivity index (χ1n) is 5.81. The number of ketones is 2. The number of hydrogen-bond acceptors (Lipinski definition) is 4. The predicted octanol–water partition coefficient (Wildman–Crippen LogP) is 2.48. The first kappa shape index (κ1) is 12.2. The molecule has 19 heavy (non-hydrogen) atoms. The Kier molecular flexibility index (Phi) is 2.98. The van der Waals surface area contributed by atoms with Gasteiger partial charge in [-0.2, -0.15) is 0 Å². The SMILES string of the molecule is O=C(c1ncccn1)C1Cc2c(Br)cccc2C1=O. The van der Waals surface area contributed by atoms with E-state index in [2.05, 4.69) is 25.9 Å². The van der Waals surface area contributed by atoms with Crippen molar-refractivity contribution in [3.8, 4) is 0 Å². The van der Waals surface area contributed by atoms with Gasteiger partial charge in [-0.05, 0) is 24.1 Å². The van der Waals surface area contributed by atoms with Crippen molar-refractivity contribution in [2.75, 3.05) is 0 Å². The summed E-state index contributed by atoms with van der Waals surface area (Å²) in [5, 5.41) is 0. The van der Waals surface area contributed by atoms with Gasteiger partial charge in [-0.1, -0.05) is 28.1 Å². The summed E-state index contributed by atoms with van der Waals surface area (Å²) >= 11 is 3.41. The highest BCUT2D eigenvalue weighted by Gasteiger charge is 2.38. The van der Waals surface area contributed by atoms with Gasteiger partial charge in [0.25, 0.3) is 0 Å². The van der Waals surface area contributed by atoms with Crippen molar-refractivity contribution in [3.05, 3.63) is 58.1 Å². The molecule has 1 aromatic carbocycles. The van der Waals surface area contributed by atoms with Crippen molar-refractivity contribution in [1.29, 1.82) is 0 Å². The van der Waals surface area contributed by atoms with Gasteiger partial charge in [-0.3, -0.25) is 9.59 Å². The van der Waals surface area contributed by atoms with Gasteiger partial charge in [0.15, 0.2) is 11.6 Å². The average molecular weight is 317 g/mol. The van der Waals surface area contributed by atoms with Gasteiger partial charge in [-0.25, -0.2) is 9.97 Å². The van der Waals surface area contributed by atoms with E-state index in [1.165, 1.54) is 12.4 Å². The summed E-state index contributed by atoms with van der Waals surface area (Å²) < 4.78 is 0.864. The molecule has 94 valence electrons. The number of aromatic nitrogens is 2. The van der Waals surface area contributed by atoms with Crippen LogP contribution in [0.3, 0.4) is 0 Å². The molecule has 3 rings (SSSR count). The van der Waals surface area contributed by atoms with Crippen molar-refractivity contribution < 1.29 is 9.59 Å². The summed E-state index contributed by atoms with van der Waals surface area (Å²) in [5.74, 6) is -1.05. The van der Waals surface area contributed by atoms with Crippen LogP contribution >= 0.6 is 15.9 Å². The van der Waals surface area contributed by atoms with Crippen LogP contribution in [0, 0.1) is 5.92 Å². The Bertz CT molecular complexity index is 670. The minimum absolute atomic E-state index is 0.102. The standard InChI is InChI=1S/C14H9BrN2O2/c15-11-4-1-3-8-9(11)7-10(12(8)18)13(19)14-16-5-2-6-17-14/h1-6,10H,7H2. The van der Waals surface area contributed by atoms with Gasteiger partial charge in [0.05, 0.1) is 5.92 Å². The summed E-state index contributed by atoms with van der Waals surface area (Å²) in [6.45, 7) is 0. The number of hydrogen-bond donors (Lipinski definition) is 0. The topological polar surface area (TPSA) is 59.9 Å². The Hall–Kier alpha value is -1.88. The second-order valence-corrected chi connectivity index (χ2v) is 5.18. The average Bonchev–Trinajstić information content (AvgIpc) is 2.78. The Morgan fingerprint density at radius 3 is 2.63 bits per heavy atom. The Morgan fingerprint density at radius 1 is 1.21 bits per heavy atom. The van der Waals surface area contributed by atoms with Crippen LogP contribution in [-0.2, 0) is 6.42 Å². The third kappa shape index (κ3) is 2.00. The van der Waals surface area contributed by atoms with Crippen LogP contribution in [0.25, 0.3) is 0 Å². The lowest BCUT2D eigenvalue weighted by Gasteiger charge is -2.04. The van der Waals surface area contributed by atoms with Crippen molar-refractivity contribution in [3.63, 3.8) is 0 Å². The second kappa shape index (κ2) is 4.66. The lowest BCUT2D eigenvalue weighted by Crippen LogP contribution is -2.22. The summed E-state index contributed by atoms with van der Waals surface area (Å²) in [5.41, 5.74) is 1.51. The van der Waals surface area contributed by atoms with Crippen LogP contribution in [0.4, 0.5) is 0 Å². The Morgan fingerprint density at radius 2 is 1.95 bits per heavy atom. The third-order valence-corrected chi connectivity index (χ3v) is 3.95. The number of carbonyl (C=O) groups excluding carboxylic acids is 2. The second-order valence-electron chi connectivity index (χ2n) is 4.32. The molecule has 0 saturated carbocycles. The number of halogens is 1. The molecule has 0 spiro atoms. The predicted molar refractivity (Wildman–Crippen MR) is 72.0 cm³/mol. The summed E-state index contributed by atoms with van der Waals surface area (Å²) in [7, 11) is 0. The number of fused-ring (bicyclic) bond motifs is 1. The molecule has 2 aromatic rings. The number of carbonyl (C=O) groups is 2. The lowest BCUT2D eigenvalue weighted by molar-refractivity contribution is 0.0815. The van der Waals surface area contributed by atoms with Crippen LogP contribution in [0.15, 0.2) is 41.1 Å². The van der Waals surface area contributed by atoms with Crippen LogP contribution in [0.2, 0.25) is 0 Å². The molecule has 0 fully saturated rings. The van der Waals surface area contributed by atoms with Crippen molar-refractivity contribution in [2.45, 2.75) is 6.42 Å². The zero-order valence-corrected chi connectivity index (χ0v) is 11.4. The fourth-order valence-electron chi connectivity index (χ4n) is 2.28. The highest BCUT2D eigenvalue weighted by Crippen LogP contribution is 2.33. The maximum absolute atomic E-state index is 12.3. The zero-order valence-electron chi connectivity index (χ0n) is 9.84. The maximum atomic E-state index is 12.3. The zero-order chi connectivity index (χ0) is 13.4. The highest BCUT2D eigenvalue weighted by molar-refractivity contribution is 9.10. The van der Waals surface area contributed by atoms with Crippen LogP contribution in [-0.4, -0.2) is 21.5 Å². The molecule has 1 aromatic heterocycles. The van der Waals surface area contributed by atoms with Gasteiger partial charge in [0.2, 0.25) is 5.78 Å². The molecular weight excluding hydrogens is 308 g/mol. The van der Waals surface area contributed by atoms with Gasteiger partial charge < -0.3 is 0 Å². The van der Waals surface area contributed by atoms with Crippen molar-refractivity contribution >= 4 is 27.5 Å². The first-order valence-corrected chi connectivity index (χ1v) is 6.60. The van der Waals surface area contributed by atoms with E-state index < -0.39 is 5.92 Å². The van der Waals surface area contributed by atoms with Gasteiger partial charge in [0.1, 0.15) is 0 Å². The minimum atomic E-state index is -0.698. The van der Waals surface area contributed by atoms with E-state index in [9.17, 15) is 9.59 Å². The molecule has 1 unspecified atom stereocenters. The molecule has 1 heterocycles. The molecule has 0 aliphatic heterocycles. The first-order chi connectivity index (χ1) is 9.18. The summed E-state index contributed by atoms with van der Waals surface area (Å²) in [6.07, 6.45) is 3.41. The number of rotatable bonds is 2. The molecule has 1 aliphatic rings. The van der Waals surface area contributed by atoms with E-state index in [0.29, 0.717) is 12.0 Å². The van der Waals surface area contributed by atoms with Crippen molar-refractivity contribution in [2.24, 2.45) is 5.92 Å². The smallest absolute Gasteiger partial charge is 0.211 e. The Labute approximate surface area is 118 Å². The largest absolute Gasteiger partial charge is 0.293 e. The van der Waals surface area contributed by atoms with E-state index in [4.69, 9.17) is 0 Å². The molecule has 0 N–H and O–H groups in total. The molecule has 5 heteroatoms. The normalized spacial score (nSPS) is 17.3. The number of nitrogens with zero attached hydrogens (tertiary/aromatic N) is 2. The molecule has 1 atom stereocenters. The molecular formula is C14H9BrN2O2. The fourth-order valence-corrected chi connectivity index (χ4v) is 2.80. The van der Waals surface area contributed by atoms with E-state index in [1.807, 2.05) is 6.07 Å². The molecule has 1 aliphatic carbocycles. The molecule has 4 nitrogen and oxygen atoms in total. The van der Waals surface area contributed by atoms with E-state index in [1.54, 1.807) is 18.2 Å². The summed E-state index contributed by atoms with van der Waals surface area (Å²) in [4.78, 5) is 32.4. The minimum Gasteiger partial charge on any atom is -0.293 e. The molecule has 0 saturated heterocycles. The van der Waals surface area contributed by atoms with E-state index in [0.717, 1.165) is 10.0 Å². The third-order valence-electron chi connectivity index (χ3n) is 3.21. The van der Waals surface area contributed by atoms with Crippen molar-refractivity contribution in [1.82, 2.24) is 9.97 Å².